The van der Waals surface area contributed by atoms with Gasteiger partial charge in [-0.2, -0.15) is 0 Å². The van der Waals surface area contributed by atoms with E-state index in [4.69, 9.17) is 0 Å². The van der Waals surface area contributed by atoms with Crippen molar-refractivity contribution in [3.8, 4) is 0 Å². The predicted octanol–water partition coefficient (Wildman–Crippen LogP) is 1.82. The van der Waals surface area contributed by atoms with Crippen LogP contribution < -0.4 is 5.32 Å². The molecule has 1 atom stereocenters. The Bertz CT molecular complexity index is 209. The molecule has 2 nitrogen and oxygen atoms in total. The molecule has 80 valence electrons. The lowest BCUT2D eigenvalue weighted by Crippen LogP contribution is -2.72. The summed E-state index contributed by atoms with van der Waals surface area (Å²) in [5.41, 5.74) is 0.723. The van der Waals surface area contributed by atoms with Crippen LogP contribution in [0.15, 0.2) is 0 Å². The molecule has 2 heteroatoms. The van der Waals surface area contributed by atoms with E-state index in [1.165, 1.54) is 51.7 Å². The maximum Gasteiger partial charge on any atom is 0.0667 e. The van der Waals surface area contributed by atoms with Crippen molar-refractivity contribution in [2.45, 2.75) is 45.2 Å². The number of likely N-dealkylation sites (tertiary alicyclic amines) is 1. The van der Waals surface area contributed by atoms with Crippen LogP contribution in [0, 0.1) is 11.3 Å². The molecule has 0 aromatic carbocycles. The van der Waals surface area contributed by atoms with Crippen molar-refractivity contribution < 1.29 is 0 Å². The lowest BCUT2D eigenvalue weighted by Gasteiger charge is -2.60. The molecule has 14 heavy (non-hydrogen) atoms. The second kappa shape index (κ2) is 3.21. The van der Waals surface area contributed by atoms with E-state index in [0.717, 1.165) is 17.5 Å². The topological polar surface area (TPSA) is 15.3 Å². The van der Waals surface area contributed by atoms with Crippen molar-refractivity contribution in [2.75, 3.05) is 19.6 Å². The van der Waals surface area contributed by atoms with Gasteiger partial charge in [0, 0.05) is 12.0 Å². The average Bonchev–Trinajstić information content (AvgIpc) is 2.04. The molecule has 1 aliphatic carbocycles. The molecule has 1 saturated carbocycles. The summed E-state index contributed by atoms with van der Waals surface area (Å²) in [6.45, 7) is 6.36. The van der Waals surface area contributed by atoms with Gasteiger partial charge in [-0.1, -0.05) is 13.3 Å². The van der Waals surface area contributed by atoms with Crippen LogP contribution in [-0.2, 0) is 0 Å². The lowest BCUT2D eigenvalue weighted by molar-refractivity contribution is -0.0983. The molecular weight excluding hydrogens is 172 g/mol. The van der Waals surface area contributed by atoms with Gasteiger partial charge in [0.05, 0.1) is 6.17 Å². The number of nitrogens with one attached hydrogen (secondary N) is 1. The summed E-state index contributed by atoms with van der Waals surface area (Å²) in [5.74, 6) is 0.962. The molecule has 3 aliphatic rings. The normalized spacial score (nSPS) is 37.9. The van der Waals surface area contributed by atoms with Gasteiger partial charge >= 0.3 is 0 Å². The van der Waals surface area contributed by atoms with E-state index in [-0.39, 0.29) is 0 Å². The highest BCUT2D eigenvalue weighted by atomic mass is 15.3. The first-order valence-electron chi connectivity index (χ1n) is 6.28. The quantitative estimate of drug-likeness (QED) is 0.685. The van der Waals surface area contributed by atoms with Crippen LogP contribution in [0.4, 0.5) is 0 Å². The third-order valence-corrected chi connectivity index (χ3v) is 4.76. The van der Waals surface area contributed by atoms with Gasteiger partial charge in [0.2, 0.25) is 0 Å². The van der Waals surface area contributed by atoms with Gasteiger partial charge in [-0.3, -0.25) is 4.90 Å². The fraction of sp³-hybridized carbons (Fsp3) is 1.00. The fourth-order valence-corrected chi connectivity index (χ4v) is 3.37. The predicted molar refractivity (Wildman–Crippen MR) is 58.0 cm³/mol. The van der Waals surface area contributed by atoms with Crippen LogP contribution in [0.2, 0.25) is 0 Å². The third-order valence-electron chi connectivity index (χ3n) is 4.76. The highest BCUT2D eigenvalue weighted by molar-refractivity contribution is 5.06. The van der Waals surface area contributed by atoms with Crippen LogP contribution >= 0.6 is 0 Å². The number of piperidine rings is 1. The Balaban J connectivity index is 1.60. The first kappa shape index (κ1) is 9.17. The van der Waals surface area contributed by atoms with Crippen LogP contribution in [0.1, 0.15) is 39.0 Å². The summed E-state index contributed by atoms with van der Waals surface area (Å²) >= 11 is 0. The summed E-state index contributed by atoms with van der Waals surface area (Å²) in [6.07, 6.45) is 8.02. The molecule has 0 amide bonds. The second-order valence-electron chi connectivity index (χ2n) is 5.72. The largest absolute Gasteiger partial charge is 0.301 e. The van der Waals surface area contributed by atoms with Crippen LogP contribution in [0.25, 0.3) is 0 Å². The minimum atomic E-state index is 0.723. The minimum Gasteiger partial charge on any atom is -0.301 e. The van der Waals surface area contributed by atoms with E-state index in [2.05, 4.69) is 17.1 Å². The number of nitrogens with zero attached hydrogens (tertiary/aromatic N) is 1. The van der Waals surface area contributed by atoms with Crippen molar-refractivity contribution in [1.29, 1.82) is 0 Å². The lowest BCUT2D eigenvalue weighted by atomic mass is 9.61. The molecular formula is C12H22N2. The maximum atomic E-state index is 3.65. The van der Waals surface area contributed by atoms with Gasteiger partial charge in [-0.15, -0.1) is 0 Å². The molecule has 0 aromatic heterocycles. The van der Waals surface area contributed by atoms with Gasteiger partial charge in [-0.25, -0.2) is 0 Å². The van der Waals surface area contributed by atoms with Gasteiger partial charge in [0.15, 0.2) is 0 Å². The van der Waals surface area contributed by atoms with E-state index in [1.54, 1.807) is 0 Å². The molecule has 3 rings (SSSR count). The van der Waals surface area contributed by atoms with Crippen LogP contribution in [0.5, 0.6) is 0 Å². The Labute approximate surface area is 87.0 Å². The molecule has 1 N–H and O–H groups in total. The van der Waals surface area contributed by atoms with Crippen LogP contribution in [-0.4, -0.2) is 30.7 Å². The molecule has 3 fully saturated rings. The summed E-state index contributed by atoms with van der Waals surface area (Å²) in [4.78, 5) is 2.71. The monoisotopic (exact) mass is 194 g/mol. The Morgan fingerprint density at radius 2 is 1.93 bits per heavy atom. The highest BCUT2D eigenvalue weighted by Crippen LogP contribution is 2.49. The maximum absolute atomic E-state index is 3.65. The van der Waals surface area contributed by atoms with Gasteiger partial charge in [0.1, 0.15) is 0 Å². The number of hydrogen-bond donors (Lipinski definition) is 1. The summed E-state index contributed by atoms with van der Waals surface area (Å²) in [6, 6.07) is 0. The van der Waals surface area contributed by atoms with E-state index in [0.29, 0.717) is 0 Å². The number of hydrogen-bond acceptors (Lipinski definition) is 2. The Hall–Kier alpha value is -0.0800. The summed E-state index contributed by atoms with van der Waals surface area (Å²) < 4.78 is 0. The molecule has 1 unspecified atom stereocenters. The zero-order chi connectivity index (χ0) is 9.60. The SMILES string of the molecule is CC1CCN(C2NCC23CCC3)CC1. The number of rotatable bonds is 1. The van der Waals surface area contributed by atoms with E-state index in [9.17, 15) is 0 Å². The Morgan fingerprint density at radius 1 is 1.21 bits per heavy atom. The molecule has 2 heterocycles. The Morgan fingerprint density at radius 3 is 2.36 bits per heavy atom. The summed E-state index contributed by atoms with van der Waals surface area (Å²) in [7, 11) is 0. The second-order valence-corrected chi connectivity index (χ2v) is 5.72. The molecule has 1 spiro atoms. The van der Waals surface area contributed by atoms with Crippen molar-refractivity contribution in [3.05, 3.63) is 0 Å². The molecule has 0 radical (unpaired) electrons. The average molecular weight is 194 g/mol. The zero-order valence-corrected chi connectivity index (χ0v) is 9.26. The standard InChI is InChI=1S/C12H22N2/c1-10-3-7-14(8-4-10)11-12(9-13-11)5-2-6-12/h10-11,13H,2-9H2,1H3. The zero-order valence-electron chi connectivity index (χ0n) is 9.26. The van der Waals surface area contributed by atoms with Crippen molar-refractivity contribution >= 4 is 0 Å². The summed E-state index contributed by atoms with van der Waals surface area (Å²) in [5, 5.41) is 3.65. The molecule has 2 aliphatic heterocycles. The Kier molecular flexibility index (Phi) is 2.10. The minimum absolute atomic E-state index is 0.723. The highest BCUT2D eigenvalue weighted by Gasteiger charge is 2.52. The van der Waals surface area contributed by atoms with E-state index < -0.39 is 0 Å². The van der Waals surface area contributed by atoms with Gasteiger partial charge in [0.25, 0.3) is 0 Å². The first-order valence-corrected chi connectivity index (χ1v) is 6.28. The first-order chi connectivity index (χ1) is 6.80. The van der Waals surface area contributed by atoms with Gasteiger partial charge < -0.3 is 5.32 Å². The van der Waals surface area contributed by atoms with Crippen LogP contribution in [0.3, 0.4) is 0 Å². The van der Waals surface area contributed by atoms with Crippen molar-refractivity contribution in [3.63, 3.8) is 0 Å². The smallest absolute Gasteiger partial charge is 0.0667 e. The van der Waals surface area contributed by atoms with Crippen molar-refractivity contribution in [2.24, 2.45) is 11.3 Å². The molecule has 0 aromatic rings. The van der Waals surface area contributed by atoms with Crippen molar-refractivity contribution in [1.82, 2.24) is 10.2 Å². The molecule has 0 bridgehead atoms. The third kappa shape index (κ3) is 1.24. The fourth-order valence-electron chi connectivity index (χ4n) is 3.37. The van der Waals surface area contributed by atoms with E-state index in [1.807, 2.05) is 0 Å². The van der Waals surface area contributed by atoms with Gasteiger partial charge in [-0.05, 0) is 44.7 Å². The molecule has 2 saturated heterocycles. The van der Waals surface area contributed by atoms with E-state index >= 15 is 0 Å².